The van der Waals surface area contributed by atoms with Gasteiger partial charge < -0.3 is 15.1 Å². The van der Waals surface area contributed by atoms with E-state index in [0.29, 0.717) is 44.0 Å². The van der Waals surface area contributed by atoms with Crippen molar-refractivity contribution in [3.63, 3.8) is 0 Å². The Bertz CT molecular complexity index is 1050. The maximum Gasteiger partial charge on any atom is 0.226 e. The van der Waals surface area contributed by atoms with Crippen LogP contribution in [0.1, 0.15) is 44.1 Å². The maximum atomic E-state index is 14.0. The van der Waals surface area contributed by atoms with E-state index in [1.54, 1.807) is 11.1 Å². The number of rotatable bonds is 6. The molecule has 1 aromatic heterocycles. The lowest BCUT2D eigenvalue weighted by atomic mass is 10.1. The van der Waals surface area contributed by atoms with Gasteiger partial charge in [0.2, 0.25) is 5.91 Å². The zero-order valence-electron chi connectivity index (χ0n) is 19.3. The van der Waals surface area contributed by atoms with Gasteiger partial charge in [0.05, 0.1) is 17.9 Å². The molecule has 0 unspecified atom stereocenters. The predicted octanol–water partition coefficient (Wildman–Crippen LogP) is 3.62. The smallest absolute Gasteiger partial charge is 0.226 e. The summed E-state index contributed by atoms with van der Waals surface area (Å²) in [5.41, 5.74) is 2.05. The summed E-state index contributed by atoms with van der Waals surface area (Å²) in [4.78, 5) is 27.9. The minimum absolute atomic E-state index is 0.0508. The van der Waals surface area contributed by atoms with E-state index in [0.717, 1.165) is 36.4 Å². The lowest BCUT2D eigenvalue weighted by molar-refractivity contribution is -0.128. The number of nitrogens with zero attached hydrogens (tertiary/aromatic N) is 5. The molecule has 3 heterocycles. The molecule has 0 spiro atoms. The minimum atomic E-state index is -0.562. The van der Waals surface area contributed by atoms with Gasteiger partial charge in [-0.2, -0.15) is 0 Å². The SMILES string of the molecule is CCC(=O)N1C=Cc2nc(N3CCN(Cc4ccc(F)cc4F)CC3)c(NC(C)C)nc2C1. The molecule has 176 valence electrons. The third kappa shape index (κ3) is 5.30. The van der Waals surface area contributed by atoms with Crippen molar-refractivity contribution in [2.75, 3.05) is 36.4 Å². The predicted molar refractivity (Wildman–Crippen MR) is 125 cm³/mol. The molecular weight excluding hydrogens is 426 g/mol. The van der Waals surface area contributed by atoms with Crippen LogP contribution >= 0.6 is 0 Å². The standard InChI is InChI=1S/C24H30F2N6O/c1-4-22(33)32-8-7-20-21(15-32)28-23(27-16(2)3)24(29-20)31-11-9-30(10-12-31)14-17-5-6-18(25)13-19(17)26/h5-8,13,16H,4,9-12,14-15H2,1-3H3,(H,27,28). The second-order valence-electron chi connectivity index (χ2n) is 8.72. The first-order valence-corrected chi connectivity index (χ1v) is 11.4. The summed E-state index contributed by atoms with van der Waals surface area (Å²) in [5.74, 6) is 0.475. The zero-order valence-corrected chi connectivity index (χ0v) is 19.3. The molecule has 2 aromatic rings. The number of halogens is 2. The monoisotopic (exact) mass is 456 g/mol. The Balaban J connectivity index is 1.50. The highest BCUT2D eigenvalue weighted by molar-refractivity contribution is 5.79. The Morgan fingerprint density at radius 2 is 1.91 bits per heavy atom. The van der Waals surface area contributed by atoms with Crippen molar-refractivity contribution in [1.29, 1.82) is 0 Å². The van der Waals surface area contributed by atoms with Crippen molar-refractivity contribution in [1.82, 2.24) is 19.8 Å². The average Bonchev–Trinajstić information content (AvgIpc) is 2.79. The second kappa shape index (κ2) is 9.82. The fourth-order valence-corrected chi connectivity index (χ4v) is 4.07. The number of carbonyl (C=O) groups excluding carboxylic acids is 1. The minimum Gasteiger partial charge on any atom is -0.365 e. The molecule has 2 aliphatic rings. The van der Waals surface area contributed by atoms with Gasteiger partial charge in [-0.1, -0.05) is 13.0 Å². The highest BCUT2D eigenvalue weighted by atomic mass is 19.1. The maximum absolute atomic E-state index is 14.0. The molecule has 1 fully saturated rings. The van der Waals surface area contributed by atoms with E-state index in [9.17, 15) is 13.6 Å². The first-order valence-electron chi connectivity index (χ1n) is 11.4. The summed E-state index contributed by atoms with van der Waals surface area (Å²) in [7, 11) is 0. The summed E-state index contributed by atoms with van der Waals surface area (Å²) in [6.07, 6.45) is 4.06. The van der Waals surface area contributed by atoms with Gasteiger partial charge in [-0.05, 0) is 26.0 Å². The molecule has 1 amide bonds. The van der Waals surface area contributed by atoms with Crippen LogP contribution in [0, 0.1) is 11.6 Å². The molecule has 0 aliphatic carbocycles. The third-order valence-electron chi connectivity index (χ3n) is 5.84. The zero-order chi connectivity index (χ0) is 23.5. The van der Waals surface area contributed by atoms with Gasteiger partial charge in [0, 0.05) is 63.0 Å². The number of hydrogen-bond acceptors (Lipinski definition) is 6. The summed E-state index contributed by atoms with van der Waals surface area (Å²) >= 11 is 0. The normalized spacial score (nSPS) is 16.3. The quantitative estimate of drug-likeness (QED) is 0.716. The van der Waals surface area contributed by atoms with Crippen LogP contribution in [-0.2, 0) is 17.9 Å². The molecular formula is C24H30F2N6O. The van der Waals surface area contributed by atoms with Gasteiger partial charge in [-0.25, -0.2) is 18.7 Å². The van der Waals surface area contributed by atoms with Crippen molar-refractivity contribution < 1.29 is 13.6 Å². The van der Waals surface area contributed by atoms with Gasteiger partial charge in [0.1, 0.15) is 11.6 Å². The van der Waals surface area contributed by atoms with Crippen LogP contribution in [-0.4, -0.2) is 57.9 Å². The van der Waals surface area contributed by atoms with Crippen molar-refractivity contribution in [2.45, 2.75) is 46.3 Å². The fraction of sp³-hybridized carbons (Fsp3) is 0.458. The Morgan fingerprint density at radius 1 is 1.15 bits per heavy atom. The molecule has 2 aliphatic heterocycles. The molecule has 9 heteroatoms. The molecule has 33 heavy (non-hydrogen) atoms. The molecule has 0 radical (unpaired) electrons. The molecule has 1 aromatic carbocycles. The Kier molecular flexibility index (Phi) is 6.88. The molecule has 0 saturated carbocycles. The Morgan fingerprint density at radius 3 is 2.58 bits per heavy atom. The average molecular weight is 457 g/mol. The van der Waals surface area contributed by atoms with Crippen LogP contribution in [0.15, 0.2) is 24.4 Å². The highest BCUT2D eigenvalue weighted by Gasteiger charge is 2.26. The van der Waals surface area contributed by atoms with E-state index in [1.165, 1.54) is 12.1 Å². The first-order chi connectivity index (χ1) is 15.8. The van der Waals surface area contributed by atoms with Crippen LogP contribution in [0.4, 0.5) is 20.4 Å². The molecule has 1 N–H and O–H groups in total. The van der Waals surface area contributed by atoms with E-state index in [2.05, 4.69) is 15.1 Å². The second-order valence-corrected chi connectivity index (χ2v) is 8.72. The molecule has 0 atom stereocenters. The molecule has 1 saturated heterocycles. The molecule has 0 bridgehead atoms. The summed E-state index contributed by atoms with van der Waals surface area (Å²) < 4.78 is 27.2. The number of fused-ring (bicyclic) bond motifs is 1. The van der Waals surface area contributed by atoms with Crippen LogP contribution < -0.4 is 10.2 Å². The third-order valence-corrected chi connectivity index (χ3v) is 5.84. The number of piperazine rings is 1. The summed E-state index contributed by atoms with van der Waals surface area (Å²) in [6.45, 7) is 9.68. The van der Waals surface area contributed by atoms with Crippen LogP contribution in [0.3, 0.4) is 0 Å². The van der Waals surface area contributed by atoms with Crippen molar-refractivity contribution in [3.05, 3.63) is 53.0 Å². The van der Waals surface area contributed by atoms with Crippen molar-refractivity contribution >= 4 is 23.6 Å². The Labute approximate surface area is 193 Å². The van der Waals surface area contributed by atoms with Gasteiger partial charge in [-0.15, -0.1) is 0 Å². The van der Waals surface area contributed by atoms with E-state index in [4.69, 9.17) is 9.97 Å². The topological polar surface area (TPSA) is 64.6 Å². The van der Waals surface area contributed by atoms with Crippen LogP contribution in [0.5, 0.6) is 0 Å². The van der Waals surface area contributed by atoms with E-state index < -0.39 is 11.6 Å². The molecule has 4 rings (SSSR count). The van der Waals surface area contributed by atoms with Gasteiger partial charge >= 0.3 is 0 Å². The lowest BCUT2D eigenvalue weighted by Crippen LogP contribution is -2.46. The number of hydrogen-bond donors (Lipinski definition) is 1. The van der Waals surface area contributed by atoms with Crippen molar-refractivity contribution in [3.8, 4) is 0 Å². The van der Waals surface area contributed by atoms with Gasteiger partial charge in [0.15, 0.2) is 11.6 Å². The number of aromatic nitrogens is 2. The van der Waals surface area contributed by atoms with E-state index in [1.807, 2.05) is 26.8 Å². The summed E-state index contributed by atoms with van der Waals surface area (Å²) in [5, 5.41) is 3.40. The summed E-state index contributed by atoms with van der Waals surface area (Å²) in [6, 6.07) is 3.91. The van der Waals surface area contributed by atoms with E-state index >= 15 is 0 Å². The number of nitrogens with one attached hydrogen (secondary N) is 1. The lowest BCUT2D eigenvalue weighted by Gasteiger charge is -2.36. The number of carbonyl (C=O) groups is 1. The number of benzene rings is 1. The van der Waals surface area contributed by atoms with E-state index in [-0.39, 0.29) is 11.9 Å². The van der Waals surface area contributed by atoms with Crippen molar-refractivity contribution in [2.24, 2.45) is 0 Å². The first kappa shape index (κ1) is 23.1. The fourth-order valence-electron chi connectivity index (χ4n) is 4.07. The number of amides is 1. The van der Waals surface area contributed by atoms with Gasteiger partial charge in [0.25, 0.3) is 0 Å². The van der Waals surface area contributed by atoms with Gasteiger partial charge in [-0.3, -0.25) is 9.69 Å². The molecule has 7 nitrogen and oxygen atoms in total. The van der Waals surface area contributed by atoms with Crippen LogP contribution in [0.2, 0.25) is 0 Å². The largest absolute Gasteiger partial charge is 0.365 e. The Hall–Kier alpha value is -3.07. The number of anilines is 2. The van der Waals surface area contributed by atoms with Crippen LogP contribution in [0.25, 0.3) is 6.08 Å². The highest BCUT2D eigenvalue weighted by Crippen LogP contribution is 2.28.